The maximum absolute atomic E-state index is 12.9. The van der Waals surface area contributed by atoms with Crippen LogP contribution in [0.2, 0.25) is 10.0 Å². The van der Waals surface area contributed by atoms with Gasteiger partial charge in [-0.05, 0) is 37.8 Å². The minimum Gasteiger partial charge on any atom is -0.302 e. The molecule has 26 heavy (non-hydrogen) atoms. The average Bonchev–Trinajstić information content (AvgIpc) is 2.97. The Bertz CT molecular complexity index is 801. The first-order chi connectivity index (χ1) is 12.3. The molecule has 0 bridgehead atoms. The topological polar surface area (TPSA) is 47.0 Å². The van der Waals surface area contributed by atoms with Crippen molar-refractivity contribution >= 4 is 46.6 Å². The van der Waals surface area contributed by atoms with Gasteiger partial charge in [0.05, 0.1) is 15.7 Å². The number of rotatable bonds is 8. The third kappa shape index (κ3) is 4.73. The summed E-state index contributed by atoms with van der Waals surface area (Å²) in [6.07, 6.45) is 2.28. The second kappa shape index (κ2) is 9.12. The van der Waals surface area contributed by atoms with Gasteiger partial charge in [0.2, 0.25) is 0 Å². The van der Waals surface area contributed by atoms with Crippen molar-refractivity contribution in [1.82, 2.24) is 4.98 Å². The third-order valence-corrected chi connectivity index (χ3v) is 6.40. The van der Waals surface area contributed by atoms with Crippen LogP contribution < -0.4 is 0 Å². The van der Waals surface area contributed by atoms with E-state index < -0.39 is 5.92 Å². The summed E-state index contributed by atoms with van der Waals surface area (Å²) in [4.78, 5) is 30.0. The zero-order valence-corrected chi connectivity index (χ0v) is 17.7. The van der Waals surface area contributed by atoms with Crippen molar-refractivity contribution in [3.63, 3.8) is 0 Å². The number of Topliss-reactive ketones (excluding diaryl/α,β-unsaturated/α-hetero) is 1. The summed E-state index contributed by atoms with van der Waals surface area (Å²) in [5, 5.41) is 1.65. The number of carbonyl (C=O) groups excluding carboxylic acids is 2. The number of aryl methyl sites for hydroxylation is 1. The van der Waals surface area contributed by atoms with Crippen LogP contribution in [0, 0.1) is 18.8 Å². The zero-order valence-electron chi connectivity index (χ0n) is 15.4. The fourth-order valence-electron chi connectivity index (χ4n) is 3.01. The van der Waals surface area contributed by atoms with Crippen LogP contribution in [0.25, 0.3) is 10.6 Å². The number of thiazole rings is 1. The Morgan fingerprint density at radius 2 is 1.96 bits per heavy atom. The number of ketones is 1. The molecule has 2 rings (SSSR count). The highest BCUT2D eigenvalue weighted by Gasteiger charge is 2.30. The van der Waals surface area contributed by atoms with Crippen LogP contribution in [0.1, 0.15) is 50.1 Å². The van der Waals surface area contributed by atoms with Crippen molar-refractivity contribution in [3.8, 4) is 10.6 Å². The van der Waals surface area contributed by atoms with Gasteiger partial charge >= 0.3 is 0 Å². The van der Waals surface area contributed by atoms with Gasteiger partial charge in [0, 0.05) is 16.4 Å². The minimum absolute atomic E-state index is 0.0105. The molecule has 1 aromatic heterocycles. The first-order valence-electron chi connectivity index (χ1n) is 8.70. The quantitative estimate of drug-likeness (QED) is 0.375. The standard InChI is InChI=1S/C20H23Cl2NO2S/c1-5-13(8-11(2)3)18(25)15(10-24)19-12(4)23-20(26-19)14-6-7-16(21)17(22)9-14/h6-7,9-11,13,15H,5,8H2,1-4H3/t13-,15?/m1/s1. The van der Waals surface area contributed by atoms with E-state index in [0.717, 1.165) is 29.7 Å². The molecule has 0 N–H and O–H groups in total. The van der Waals surface area contributed by atoms with E-state index in [1.807, 2.05) is 19.9 Å². The molecule has 6 heteroatoms. The highest BCUT2D eigenvalue weighted by atomic mass is 35.5. The van der Waals surface area contributed by atoms with E-state index >= 15 is 0 Å². The predicted octanol–water partition coefficient (Wildman–Crippen LogP) is 6.35. The number of hydrogen-bond acceptors (Lipinski definition) is 4. The SMILES string of the molecule is CC[C@H](CC(C)C)C(=O)C(C=O)c1sc(-c2ccc(Cl)c(Cl)c2)nc1C. The molecule has 0 amide bonds. The molecule has 0 saturated carbocycles. The summed E-state index contributed by atoms with van der Waals surface area (Å²) >= 11 is 13.4. The molecule has 0 saturated heterocycles. The molecule has 0 radical (unpaired) electrons. The molecular weight excluding hydrogens is 389 g/mol. The monoisotopic (exact) mass is 411 g/mol. The second-order valence-corrected chi connectivity index (χ2v) is 8.69. The van der Waals surface area contributed by atoms with Gasteiger partial charge in [0.25, 0.3) is 0 Å². The van der Waals surface area contributed by atoms with Crippen molar-refractivity contribution in [3.05, 3.63) is 38.8 Å². The molecule has 1 unspecified atom stereocenters. The maximum Gasteiger partial charge on any atom is 0.151 e. The molecular formula is C20H23Cl2NO2S. The molecule has 0 aliphatic rings. The van der Waals surface area contributed by atoms with E-state index in [9.17, 15) is 9.59 Å². The van der Waals surface area contributed by atoms with Gasteiger partial charge in [-0.3, -0.25) is 4.79 Å². The van der Waals surface area contributed by atoms with Gasteiger partial charge in [-0.15, -0.1) is 11.3 Å². The number of nitrogens with zero attached hydrogens (tertiary/aromatic N) is 1. The normalized spacial score (nSPS) is 13.7. The summed E-state index contributed by atoms with van der Waals surface area (Å²) in [7, 11) is 0. The third-order valence-electron chi connectivity index (χ3n) is 4.38. The highest BCUT2D eigenvalue weighted by molar-refractivity contribution is 7.15. The van der Waals surface area contributed by atoms with E-state index in [-0.39, 0.29) is 11.7 Å². The summed E-state index contributed by atoms with van der Waals surface area (Å²) in [6, 6.07) is 5.30. The van der Waals surface area contributed by atoms with Crippen molar-refractivity contribution < 1.29 is 9.59 Å². The fourth-order valence-corrected chi connectivity index (χ4v) is 4.44. The largest absolute Gasteiger partial charge is 0.302 e. The molecule has 1 aromatic carbocycles. The summed E-state index contributed by atoms with van der Waals surface area (Å²) in [6.45, 7) is 8.01. The van der Waals surface area contributed by atoms with Crippen LogP contribution in [-0.2, 0) is 9.59 Å². The van der Waals surface area contributed by atoms with Crippen LogP contribution in [0.5, 0.6) is 0 Å². The van der Waals surface area contributed by atoms with Gasteiger partial charge in [-0.1, -0.05) is 50.0 Å². The number of halogens is 2. The lowest BCUT2D eigenvalue weighted by molar-refractivity contribution is -0.127. The lowest BCUT2D eigenvalue weighted by Gasteiger charge is -2.19. The highest BCUT2D eigenvalue weighted by Crippen LogP contribution is 2.36. The van der Waals surface area contributed by atoms with Crippen molar-refractivity contribution in [2.24, 2.45) is 11.8 Å². The Kier molecular flexibility index (Phi) is 7.39. The van der Waals surface area contributed by atoms with E-state index in [0.29, 0.717) is 26.5 Å². The summed E-state index contributed by atoms with van der Waals surface area (Å²) in [5.74, 6) is -0.470. The lowest BCUT2D eigenvalue weighted by atomic mass is 9.84. The average molecular weight is 412 g/mol. The molecule has 2 aromatic rings. The second-order valence-electron chi connectivity index (χ2n) is 6.85. The van der Waals surface area contributed by atoms with Gasteiger partial charge in [0.15, 0.2) is 5.78 Å². The van der Waals surface area contributed by atoms with Gasteiger partial charge in [0.1, 0.15) is 17.2 Å². The first-order valence-corrected chi connectivity index (χ1v) is 10.3. The Labute approximate surface area is 168 Å². The molecule has 2 atom stereocenters. The van der Waals surface area contributed by atoms with Crippen molar-refractivity contribution in [2.45, 2.75) is 46.5 Å². The van der Waals surface area contributed by atoms with Crippen LogP contribution in [0.4, 0.5) is 0 Å². The zero-order chi connectivity index (χ0) is 19.4. The smallest absolute Gasteiger partial charge is 0.151 e. The van der Waals surface area contributed by atoms with E-state index in [1.165, 1.54) is 11.3 Å². The Balaban J connectivity index is 2.36. The number of carbonyl (C=O) groups is 2. The van der Waals surface area contributed by atoms with E-state index in [1.54, 1.807) is 12.1 Å². The first kappa shape index (κ1) is 21.1. The van der Waals surface area contributed by atoms with Crippen molar-refractivity contribution in [1.29, 1.82) is 0 Å². The number of hydrogen-bond donors (Lipinski definition) is 0. The Morgan fingerprint density at radius 1 is 1.27 bits per heavy atom. The van der Waals surface area contributed by atoms with E-state index in [4.69, 9.17) is 23.2 Å². The minimum atomic E-state index is -0.757. The van der Waals surface area contributed by atoms with Crippen molar-refractivity contribution in [2.75, 3.05) is 0 Å². The summed E-state index contributed by atoms with van der Waals surface area (Å²) in [5.41, 5.74) is 1.53. The molecule has 0 aliphatic carbocycles. The summed E-state index contributed by atoms with van der Waals surface area (Å²) < 4.78 is 0. The van der Waals surface area contributed by atoms with Crippen LogP contribution in [0.15, 0.2) is 18.2 Å². The van der Waals surface area contributed by atoms with Gasteiger partial charge < -0.3 is 4.79 Å². The molecule has 1 heterocycles. The lowest BCUT2D eigenvalue weighted by Crippen LogP contribution is -2.24. The number of aldehydes is 1. The van der Waals surface area contributed by atoms with Gasteiger partial charge in [-0.2, -0.15) is 0 Å². The van der Waals surface area contributed by atoms with E-state index in [2.05, 4.69) is 18.8 Å². The van der Waals surface area contributed by atoms with Crippen LogP contribution in [0.3, 0.4) is 0 Å². The Morgan fingerprint density at radius 3 is 2.50 bits per heavy atom. The van der Waals surface area contributed by atoms with Crippen LogP contribution in [-0.4, -0.2) is 17.1 Å². The number of aromatic nitrogens is 1. The molecule has 140 valence electrons. The number of benzene rings is 1. The molecule has 3 nitrogen and oxygen atoms in total. The predicted molar refractivity (Wildman–Crippen MR) is 109 cm³/mol. The molecule has 0 spiro atoms. The fraction of sp³-hybridized carbons (Fsp3) is 0.450. The Hall–Kier alpha value is -1.23. The molecule has 0 aliphatic heterocycles. The van der Waals surface area contributed by atoms with Crippen LogP contribution >= 0.6 is 34.5 Å². The maximum atomic E-state index is 12.9. The molecule has 0 fully saturated rings. The van der Waals surface area contributed by atoms with Gasteiger partial charge in [-0.25, -0.2) is 4.98 Å².